The van der Waals surface area contributed by atoms with Crippen LogP contribution in [0.5, 0.6) is 0 Å². The molecule has 0 aliphatic carbocycles. The molecule has 15 heavy (non-hydrogen) atoms. The van der Waals surface area contributed by atoms with Crippen LogP contribution in [0.1, 0.15) is 20.8 Å². The molecule has 1 unspecified atom stereocenters. The summed E-state index contributed by atoms with van der Waals surface area (Å²) in [6.07, 6.45) is 0. The SMILES string of the molecule is [B-][P+](C)(CSC(C)(C)C)c1ccccc1. The molecule has 3 heteroatoms. The molecule has 1 aromatic carbocycles. The zero-order valence-corrected chi connectivity index (χ0v) is 11.7. The van der Waals surface area contributed by atoms with Gasteiger partial charge in [-0.3, -0.25) is 7.57 Å². The minimum absolute atomic E-state index is 0.301. The Kier molecular flexibility index (Phi) is 4.32. The molecule has 0 amide bonds. The summed E-state index contributed by atoms with van der Waals surface area (Å²) < 4.78 is 0.301. The number of hydrogen-bond acceptors (Lipinski definition) is 1. The highest BCUT2D eigenvalue weighted by molar-refractivity contribution is 8.16. The summed E-state index contributed by atoms with van der Waals surface area (Å²) in [6.45, 7) is 8.93. The number of hydrogen-bond donors (Lipinski definition) is 0. The molecule has 0 saturated carbocycles. The first-order valence-electron chi connectivity index (χ1n) is 5.15. The molecule has 0 saturated heterocycles. The average Bonchev–Trinajstić information content (AvgIpc) is 2.16. The van der Waals surface area contributed by atoms with E-state index < -0.39 is 7.14 Å². The summed E-state index contributed by atoms with van der Waals surface area (Å²) in [5.41, 5.74) is 1.06. The fourth-order valence-corrected chi connectivity index (χ4v) is 5.24. The van der Waals surface area contributed by atoms with Crippen molar-refractivity contribution >= 4 is 31.8 Å². The first-order valence-corrected chi connectivity index (χ1v) is 8.62. The Labute approximate surface area is 99.9 Å². The Morgan fingerprint density at radius 2 is 1.73 bits per heavy atom. The van der Waals surface area contributed by atoms with E-state index in [-0.39, 0.29) is 0 Å². The van der Waals surface area contributed by atoms with Crippen molar-refractivity contribution in [3.63, 3.8) is 0 Å². The van der Waals surface area contributed by atoms with Crippen molar-refractivity contribution in [1.82, 2.24) is 0 Å². The second-order valence-electron chi connectivity index (χ2n) is 4.99. The fourth-order valence-electron chi connectivity index (χ4n) is 1.17. The van der Waals surface area contributed by atoms with Gasteiger partial charge in [-0.1, -0.05) is 39.0 Å². The topological polar surface area (TPSA) is 0 Å². The Morgan fingerprint density at radius 3 is 2.20 bits per heavy atom. The molecule has 0 heterocycles. The van der Waals surface area contributed by atoms with Gasteiger partial charge in [0.2, 0.25) is 0 Å². The van der Waals surface area contributed by atoms with E-state index in [1.165, 1.54) is 5.30 Å². The maximum atomic E-state index is 6.44. The molecule has 0 N–H and O–H groups in total. The van der Waals surface area contributed by atoms with Crippen LogP contribution in [0.25, 0.3) is 0 Å². The Hall–Kier alpha value is 0.0649. The third-order valence-electron chi connectivity index (χ3n) is 2.11. The second-order valence-corrected chi connectivity index (χ2v) is 10.6. The van der Waals surface area contributed by atoms with Gasteiger partial charge >= 0.3 is 0 Å². The van der Waals surface area contributed by atoms with Gasteiger partial charge in [-0.15, -0.1) is 11.8 Å². The van der Waals surface area contributed by atoms with Gasteiger partial charge in [0.1, 0.15) is 0 Å². The zero-order chi connectivity index (χ0) is 11.5. The van der Waals surface area contributed by atoms with E-state index in [9.17, 15) is 0 Å². The van der Waals surface area contributed by atoms with Crippen LogP contribution < -0.4 is 5.30 Å². The van der Waals surface area contributed by atoms with Crippen molar-refractivity contribution in [1.29, 1.82) is 0 Å². The standard InChI is InChI=1S/C12H19BPS/c1-12(2,3)15-10-14(4,13)11-8-6-5-7-9-11/h5-9H,10H2,1-4H3. The quantitative estimate of drug-likeness (QED) is 0.572. The third-order valence-corrected chi connectivity index (χ3v) is 7.12. The van der Waals surface area contributed by atoms with Crippen molar-refractivity contribution in [2.24, 2.45) is 0 Å². The summed E-state index contributed by atoms with van der Waals surface area (Å²) in [7, 11) is 5.01. The lowest BCUT2D eigenvalue weighted by molar-refractivity contribution is 0.805. The van der Waals surface area contributed by atoms with Crippen LogP contribution in [0.3, 0.4) is 0 Å². The van der Waals surface area contributed by atoms with Crippen molar-refractivity contribution < 1.29 is 0 Å². The molecule has 1 rings (SSSR count). The maximum Gasteiger partial charge on any atom is 0.0613 e. The van der Waals surface area contributed by atoms with Crippen molar-refractivity contribution in [2.45, 2.75) is 25.5 Å². The van der Waals surface area contributed by atoms with Gasteiger partial charge in [-0.25, -0.2) is 7.14 Å². The molecule has 0 fully saturated rings. The van der Waals surface area contributed by atoms with Gasteiger partial charge < -0.3 is 0 Å². The van der Waals surface area contributed by atoms with E-state index in [4.69, 9.17) is 7.57 Å². The van der Waals surface area contributed by atoms with Crippen molar-refractivity contribution in [2.75, 3.05) is 12.2 Å². The Balaban J connectivity index is 2.68. The minimum atomic E-state index is -1.43. The number of benzene rings is 1. The summed E-state index contributed by atoms with van der Waals surface area (Å²) in [4.78, 5) is 0. The molecule has 1 atom stereocenters. The van der Waals surface area contributed by atoms with Gasteiger partial charge in [0, 0.05) is 16.7 Å². The molecule has 3 radical (unpaired) electrons. The van der Waals surface area contributed by atoms with Crippen LogP contribution in [-0.2, 0) is 0 Å². The molecule has 0 aliphatic heterocycles. The Morgan fingerprint density at radius 1 is 1.20 bits per heavy atom. The molecule has 0 aliphatic rings. The molecule has 0 nitrogen and oxygen atoms in total. The normalized spacial score (nSPS) is 16.1. The van der Waals surface area contributed by atoms with Gasteiger partial charge in [0.15, 0.2) is 0 Å². The molecule has 0 aromatic heterocycles. The van der Waals surface area contributed by atoms with Crippen molar-refractivity contribution in [3.05, 3.63) is 30.3 Å². The highest BCUT2D eigenvalue weighted by Crippen LogP contribution is 2.53. The van der Waals surface area contributed by atoms with E-state index >= 15 is 0 Å². The van der Waals surface area contributed by atoms with E-state index in [0.29, 0.717) is 4.75 Å². The second kappa shape index (κ2) is 4.93. The lowest BCUT2D eigenvalue weighted by atomic mass is 10.3. The molecular weight excluding hydrogens is 218 g/mol. The predicted molar refractivity (Wildman–Crippen MR) is 76.9 cm³/mol. The van der Waals surface area contributed by atoms with Gasteiger partial charge in [0.05, 0.1) is 5.49 Å². The summed E-state index contributed by atoms with van der Waals surface area (Å²) in [6, 6.07) is 10.5. The van der Waals surface area contributed by atoms with E-state index in [1.54, 1.807) is 0 Å². The molecule has 1 aromatic rings. The highest BCUT2D eigenvalue weighted by atomic mass is 32.2. The van der Waals surface area contributed by atoms with Crippen molar-refractivity contribution in [3.8, 4) is 0 Å². The van der Waals surface area contributed by atoms with Gasteiger partial charge in [0.25, 0.3) is 0 Å². The van der Waals surface area contributed by atoms with Crippen LogP contribution in [0.4, 0.5) is 0 Å². The summed E-state index contributed by atoms with van der Waals surface area (Å²) in [5.74, 6) is 0. The van der Waals surface area contributed by atoms with Crippen LogP contribution in [0, 0.1) is 0 Å². The lowest BCUT2D eigenvalue weighted by Gasteiger charge is -2.34. The molecule has 81 valence electrons. The molecular formula is C12H19BPS. The maximum absolute atomic E-state index is 6.44. The van der Waals surface area contributed by atoms with Crippen LogP contribution >= 0.6 is 18.9 Å². The predicted octanol–water partition coefficient (Wildman–Crippen LogP) is 3.53. The summed E-state index contributed by atoms with van der Waals surface area (Å²) in [5, 5.41) is 1.32. The first kappa shape index (κ1) is 13.1. The monoisotopic (exact) mass is 237 g/mol. The van der Waals surface area contributed by atoms with Gasteiger partial charge in [-0.05, 0) is 12.1 Å². The smallest absolute Gasteiger partial charge is 0.0613 e. The largest absolute Gasteiger partial charge is 0.298 e. The number of rotatable bonds is 3. The minimum Gasteiger partial charge on any atom is -0.298 e. The first-order chi connectivity index (χ1) is 6.81. The Bertz CT molecular complexity index is 303. The fraction of sp³-hybridized carbons (Fsp3) is 0.500. The summed E-state index contributed by atoms with van der Waals surface area (Å²) >= 11 is 1.96. The molecule has 0 spiro atoms. The molecule has 0 bridgehead atoms. The number of thioether (sulfide) groups is 1. The van der Waals surface area contributed by atoms with Crippen LogP contribution in [-0.4, -0.2) is 24.5 Å². The van der Waals surface area contributed by atoms with E-state index in [1.807, 2.05) is 17.8 Å². The highest BCUT2D eigenvalue weighted by Gasteiger charge is 2.19. The van der Waals surface area contributed by atoms with Gasteiger partial charge in [-0.2, -0.15) is 0 Å². The van der Waals surface area contributed by atoms with Crippen LogP contribution in [0.2, 0.25) is 0 Å². The third kappa shape index (κ3) is 4.61. The van der Waals surface area contributed by atoms with E-state index in [0.717, 1.165) is 5.49 Å². The average molecular weight is 237 g/mol. The van der Waals surface area contributed by atoms with E-state index in [2.05, 4.69) is 51.7 Å². The lowest BCUT2D eigenvalue weighted by Crippen LogP contribution is -2.16. The van der Waals surface area contributed by atoms with Crippen LogP contribution in [0.15, 0.2) is 30.3 Å². The zero-order valence-electron chi connectivity index (χ0n) is 10.0.